The molecule has 0 amide bonds. The monoisotopic (exact) mass is 384 g/mol. The topological polar surface area (TPSA) is 24.9 Å². The fraction of sp³-hybridized carbons (Fsp3) is 1.00. The van der Waals surface area contributed by atoms with Crippen molar-refractivity contribution in [3.63, 3.8) is 0 Å². The zero-order valence-electron chi connectivity index (χ0n) is 16.1. The molecule has 0 saturated carbocycles. The van der Waals surface area contributed by atoms with Crippen molar-refractivity contribution in [2.75, 3.05) is 33.8 Å². The number of methoxy groups -OCH3 is 1. The third-order valence-corrected chi connectivity index (χ3v) is 5.45. The van der Waals surface area contributed by atoms with Gasteiger partial charge in [0.05, 0.1) is 18.8 Å². The summed E-state index contributed by atoms with van der Waals surface area (Å²) in [6.45, 7) is 4.78. The molecule has 26 heavy (non-hydrogen) atoms. The zero-order chi connectivity index (χ0) is 19.5. The van der Waals surface area contributed by atoms with Gasteiger partial charge in [-0.15, -0.1) is 0 Å². The average molecular weight is 384 g/mol. The summed E-state index contributed by atoms with van der Waals surface area (Å²) in [7, 11) is 3.01. The van der Waals surface area contributed by atoms with E-state index in [0.717, 1.165) is 13.0 Å². The van der Waals surface area contributed by atoms with Crippen LogP contribution >= 0.6 is 0 Å². The first kappa shape index (κ1) is 21.9. The van der Waals surface area contributed by atoms with Crippen LogP contribution in [0.4, 0.5) is 17.6 Å². The van der Waals surface area contributed by atoms with Crippen molar-refractivity contribution in [1.29, 1.82) is 0 Å². The van der Waals surface area contributed by atoms with Crippen LogP contribution in [-0.4, -0.2) is 86.3 Å². The Kier molecular flexibility index (Phi) is 7.71. The van der Waals surface area contributed by atoms with E-state index in [-0.39, 0.29) is 37.3 Å². The smallest absolute Gasteiger partial charge is 0.265 e. The molecular weight excluding hydrogens is 352 g/mol. The Morgan fingerprint density at radius 3 is 2.38 bits per heavy atom. The van der Waals surface area contributed by atoms with Crippen molar-refractivity contribution < 1.29 is 27.0 Å². The predicted octanol–water partition coefficient (Wildman–Crippen LogP) is 3.25. The average Bonchev–Trinajstić information content (AvgIpc) is 3.07. The molecule has 0 N–H and O–H groups in total. The van der Waals surface area contributed by atoms with Gasteiger partial charge in [-0.2, -0.15) is 0 Å². The van der Waals surface area contributed by atoms with Crippen LogP contribution in [0.15, 0.2) is 0 Å². The minimum absolute atomic E-state index is 0.0789. The standard InChI is InChI=1S/C18H32F4N2O2/c1-12(2)26-15(14-10-18(21,22)11-23(14)3)7-9-24-8-5-6-13(24)16(25-4)17(19)20/h12-17H,5-11H2,1-4H3/t13-,14-,15-,16+/m0/s1. The lowest BCUT2D eigenvalue weighted by Gasteiger charge is -2.34. The molecule has 0 spiro atoms. The highest BCUT2D eigenvalue weighted by atomic mass is 19.3. The van der Waals surface area contributed by atoms with Crippen molar-refractivity contribution in [3.8, 4) is 0 Å². The van der Waals surface area contributed by atoms with E-state index in [0.29, 0.717) is 19.4 Å². The van der Waals surface area contributed by atoms with Crippen LogP contribution in [-0.2, 0) is 9.47 Å². The molecule has 2 aliphatic rings. The van der Waals surface area contributed by atoms with Gasteiger partial charge in [-0.1, -0.05) is 0 Å². The van der Waals surface area contributed by atoms with E-state index in [4.69, 9.17) is 9.47 Å². The van der Waals surface area contributed by atoms with Gasteiger partial charge in [0.15, 0.2) is 0 Å². The largest absolute Gasteiger partial charge is 0.374 e. The number of alkyl halides is 4. The van der Waals surface area contributed by atoms with Crippen LogP contribution in [0.25, 0.3) is 0 Å². The van der Waals surface area contributed by atoms with Crippen LogP contribution in [0, 0.1) is 0 Å². The molecule has 2 fully saturated rings. The lowest BCUT2D eigenvalue weighted by molar-refractivity contribution is -0.0769. The quantitative estimate of drug-likeness (QED) is 0.570. The molecule has 2 heterocycles. The van der Waals surface area contributed by atoms with Crippen LogP contribution in [0.2, 0.25) is 0 Å². The highest BCUT2D eigenvalue weighted by Gasteiger charge is 2.47. The number of likely N-dealkylation sites (tertiary alicyclic amines) is 2. The summed E-state index contributed by atoms with van der Waals surface area (Å²) in [6, 6.07) is -0.691. The maximum atomic E-state index is 13.8. The first-order chi connectivity index (χ1) is 12.1. The fourth-order valence-corrected chi connectivity index (χ4v) is 4.35. The molecule has 0 bridgehead atoms. The molecule has 0 aromatic rings. The summed E-state index contributed by atoms with van der Waals surface area (Å²) in [5, 5.41) is 0. The fourth-order valence-electron chi connectivity index (χ4n) is 4.35. The summed E-state index contributed by atoms with van der Waals surface area (Å²) in [5.74, 6) is -2.70. The van der Waals surface area contributed by atoms with Gasteiger partial charge in [0.25, 0.3) is 12.3 Å². The summed E-state index contributed by atoms with van der Waals surface area (Å²) >= 11 is 0. The van der Waals surface area contributed by atoms with Crippen LogP contribution in [0.1, 0.15) is 39.5 Å². The van der Waals surface area contributed by atoms with Gasteiger partial charge in [0.1, 0.15) is 6.10 Å². The Labute approximate surface area is 153 Å². The van der Waals surface area contributed by atoms with E-state index in [1.807, 2.05) is 18.7 Å². The third kappa shape index (κ3) is 5.53. The van der Waals surface area contributed by atoms with Crippen molar-refractivity contribution in [3.05, 3.63) is 0 Å². The Bertz CT molecular complexity index is 439. The second-order valence-electron chi connectivity index (χ2n) is 7.83. The Hall–Kier alpha value is -0.440. The van der Waals surface area contributed by atoms with Gasteiger partial charge in [0.2, 0.25) is 0 Å². The lowest BCUT2D eigenvalue weighted by atomic mass is 10.0. The molecule has 0 aromatic carbocycles. The van der Waals surface area contributed by atoms with Crippen molar-refractivity contribution in [2.24, 2.45) is 0 Å². The van der Waals surface area contributed by atoms with Gasteiger partial charge >= 0.3 is 0 Å². The molecule has 2 aliphatic heterocycles. The minimum Gasteiger partial charge on any atom is -0.374 e. The number of hydrogen-bond donors (Lipinski definition) is 0. The maximum absolute atomic E-state index is 13.8. The normalized spacial score (nSPS) is 29.8. The van der Waals surface area contributed by atoms with Gasteiger partial charge in [0, 0.05) is 32.2 Å². The van der Waals surface area contributed by atoms with E-state index < -0.39 is 18.5 Å². The first-order valence-corrected chi connectivity index (χ1v) is 9.43. The number of nitrogens with zero attached hydrogens (tertiary/aromatic N) is 2. The predicted molar refractivity (Wildman–Crippen MR) is 92.0 cm³/mol. The lowest BCUT2D eigenvalue weighted by Crippen LogP contribution is -2.46. The summed E-state index contributed by atoms with van der Waals surface area (Å²) < 4.78 is 64.9. The molecule has 0 aliphatic carbocycles. The SMILES string of the molecule is CO[C@@H](C(F)F)[C@@H]1CCCN1CC[C@H](OC(C)C)[C@@H]1CC(F)(F)CN1C. The number of halogens is 4. The molecule has 0 aromatic heterocycles. The maximum Gasteiger partial charge on any atom is 0.265 e. The Morgan fingerprint density at radius 2 is 1.88 bits per heavy atom. The van der Waals surface area contributed by atoms with E-state index in [2.05, 4.69) is 0 Å². The first-order valence-electron chi connectivity index (χ1n) is 9.43. The summed E-state index contributed by atoms with van der Waals surface area (Å²) in [4.78, 5) is 3.66. The van der Waals surface area contributed by atoms with Crippen molar-refractivity contribution in [2.45, 2.75) is 82.3 Å². The summed E-state index contributed by atoms with van der Waals surface area (Å²) in [5.41, 5.74) is 0. The number of hydrogen-bond acceptors (Lipinski definition) is 4. The number of rotatable bonds is 9. The highest BCUT2D eigenvalue weighted by molar-refractivity contribution is 4.95. The van der Waals surface area contributed by atoms with Crippen LogP contribution in [0.5, 0.6) is 0 Å². The summed E-state index contributed by atoms with van der Waals surface area (Å²) in [6.07, 6.45) is -2.24. The number of ether oxygens (including phenoxy) is 2. The van der Waals surface area contributed by atoms with E-state index in [1.54, 1.807) is 11.9 Å². The van der Waals surface area contributed by atoms with Gasteiger partial charge in [-0.3, -0.25) is 9.80 Å². The van der Waals surface area contributed by atoms with E-state index in [9.17, 15) is 17.6 Å². The highest BCUT2D eigenvalue weighted by Crippen LogP contribution is 2.35. The van der Waals surface area contributed by atoms with E-state index in [1.165, 1.54) is 7.11 Å². The molecular formula is C18H32F4N2O2. The molecule has 154 valence electrons. The third-order valence-electron chi connectivity index (χ3n) is 5.45. The molecule has 0 radical (unpaired) electrons. The van der Waals surface area contributed by atoms with Gasteiger partial charge < -0.3 is 9.47 Å². The Balaban J connectivity index is 2.00. The molecule has 4 atom stereocenters. The molecule has 2 saturated heterocycles. The Morgan fingerprint density at radius 1 is 1.19 bits per heavy atom. The van der Waals surface area contributed by atoms with Crippen LogP contribution < -0.4 is 0 Å². The molecule has 4 nitrogen and oxygen atoms in total. The molecule has 0 unspecified atom stereocenters. The van der Waals surface area contributed by atoms with Gasteiger partial charge in [-0.05, 0) is 46.7 Å². The molecule has 2 rings (SSSR count). The van der Waals surface area contributed by atoms with Crippen LogP contribution in [0.3, 0.4) is 0 Å². The van der Waals surface area contributed by atoms with Gasteiger partial charge in [-0.25, -0.2) is 17.6 Å². The molecule has 8 heteroatoms. The van der Waals surface area contributed by atoms with Crippen molar-refractivity contribution in [1.82, 2.24) is 9.80 Å². The van der Waals surface area contributed by atoms with Crippen molar-refractivity contribution >= 4 is 0 Å². The number of likely N-dealkylation sites (N-methyl/N-ethyl adjacent to an activating group) is 1. The zero-order valence-corrected chi connectivity index (χ0v) is 16.1. The van der Waals surface area contributed by atoms with E-state index >= 15 is 0 Å². The minimum atomic E-state index is -2.70. The second-order valence-corrected chi connectivity index (χ2v) is 7.83. The second kappa shape index (κ2) is 9.17.